The van der Waals surface area contributed by atoms with Gasteiger partial charge in [0.25, 0.3) is 11.8 Å². The summed E-state index contributed by atoms with van der Waals surface area (Å²) in [6.45, 7) is 2.00. The number of anilines is 1. The maximum atomic E-state index is 14.1. The molecule has 4 aromatic rings. The molecule has 2 amide bonds. The highest BCUT2D eigenvalue weighted by molar-refractivity contribution is 6.05. The lowest BCUT2D eigenvalue weighted by molar-refractivity contribution is -0.137. The fraction of sp³-hybridized carbons (Fsp3) is 0.200. The molecule has 210 valence electrons. The van der Waals surface area contributed by atoms with Gasteiger partial charge in [0.1, 0.15) is 11.9 Å². The first kappa shape index (κ1) is 27.6. The number of carbonyl (C=O) groups is 3. The number of esters is 1. The molecular formula is C30H25F3N4O4. The van der Waals surface area contributed by atoms with E-state index in [1.165, 1.54) is 18.1 Å². The van der Waals surface area contributed by atoms with Crippen LogP contribution in [0.25, 0.3) is 5.69 Å². The van der Waals surface area contributed by atoms with Gasteiger partial charge >= 0.3 is 12.1 Å². The standard InChI is InChI=1S/C30H25F3N4O4/c1-3-36-27-23(17-34-37(27)22-13-5-4-6-14-22)24(18-9-7-11-20(15-18)29(40)41-2)25(28(36)39)35-26(38)19-10-8-12-21(16-19)30(31,32)33/h4-17,24-25H,3H2,1-2H3,(H,35,38)/t24-,25?/m1/s1. The molecule has 3 aromatic carbocycles. The van der Waals surface area contributed by atoms with Gasteiger partial charge in [-0.15, -0.1) is 0 Å². The smallest absolute Gasteiger partial charge is 0.416 e. The molecule has 0 aliphatic carbocycles. The molecule has 0 saturated heterocycles. The van der Waals surface area contributed by atoms with Gasteiger partial charge in [-0.2, -0.15) is 18.3 Å². The summed E-state index contributed by atoms with van der Waals surface area (Å²) >= 11 is 0. The van der Waals surface area contributed by atoms with E-state index in [9.17, 15) is 27.6 Å². The minimum Gasteiger partial charge on any atom is -0.465 e. The Morgan fingerprint density at radius 1 is 0.976 bits per heavy atom. The third kappa shape index (κ3) is 5.18. The van der Waals surface area contributed by atoms with Crippen molar-refractivity contribution in [1.29, 1.82) is 0 Å². The number of alkyl halides is 3. The van der Waals surface area contributed by atoms with Gasteiger partial charge in [0.15, 0.2) is 0 Å². The molecule has 5 rings (SSSR count). The number of hydrogen-bond donors (Lipinski definition) is 1. The number of carbonyl (C=O) groups excluding carboxylic acids is 3. The number of nitrogens with one attached hydrogen (secondary N) is 1. The van der Waals surface area contributed by atoms with Crippen molar-refractivity contribution in [1.82, 2.24) is 15.1 Å². The highest BCUT2D eigenvalue weighted by atomic mass is 19.4. The van der Waals surface area contributed by atoms with Crippen molar-refractivity contribution < 1.29 is 32.3 Å². The normalized spacial score (nSPS) is 16.7. The van der Waals surface area contributed by atoms with E-state index in [0.29, 0.717) is 22.6 Å². The van der Waals surface area contributed by atoms with Gasteiger partial charge in [0, 0.05) is 23.6 Å². The molecule has 1 aliphatic rings. The molecule has 0 bridgehead atoms. The number of fused-ring (bicyclic) bond motifs is 1. The summed E-state index contributed by atoms with van der Waals surface area (Å²) < 4.78 is 46.5. The zero-order chi connectivity index (χ0) is 29.3. The van der Waals surface area contributed by atoms with Crippen molar-refractivity contribution >= 4 is 23.6 Å². The Morgan fingerprint density at radius 2 is 1.68 bits per heavy atom. The lowest BCUT2D eigenvalue weighted by Crippen LogP contribution is -2.55. The first-order valence-corrected chi connectivity index (χ1v) is 12.7. The number of rotatable bonds is 6. The second-order valence-corrected chi connectivity index (χ2v) is 9.38. The van der Waals surface area contributed by atoms with Crippen LogP contribution in [-0.4, -0.2) is 47.3 Å². The average molecular weight is 563 g/mol. The number of hydrogen-bond acceptors (Lipinski definition) is 5. The SMILES string of the molecule is CCN1C(=O)C(NC(=O)c2cccc(C(F)(F)F)c2)[C@H](c2cccc(C(=O)OC)c2)c2cnn(-c3ccccc3)c21. The molecule has 1 N–H and O–H groups in total. The average Bonchev–Trinajstić information content (AvgIpc) is 3.41. The summed E-state index contributed by atoms with van der Waals surface area (Å²) in [5, 5.41) is 7.23. The number of ether oxygens (including phenoxy) is 1. The first-order valence-electron chi connectivity index (χ1n) is 12.7. The third-order valence-corrected chi connectivity index (χ3v) is 6.95. The van der Waals surface area contributed by atoms with Crippen LogP contribution >= 0.6 is 0 Å². The van der Waals surface area contributed by atoms with Crippen molar-refractivity contribution in [3.05, 3.63) is 113 Å². The molecule has 0 spiro atoms. The summed E-state index contributed by atoms with van der Waals surface area (Å²) in [5.74, 6) is -2.25. The van der Waals surface area contributed by atoms with E-state index >= 15 is 0 Å². The second-order valence-electron chi connectivity index (χ2n) is 9.38. The Kier molecular flexibility index (Phi) is 7.36. The molecule has 2 heterocycles. The molecule has 8 nitrogen and oxygen atoms in total. The molecule has 1 aromatic heterocycles. The summed E-state index contributed by atoms with van der Waals surface area (Å²) in [6, 6.07) is 18.4. The van der Waals surface area contributed by atoms with E-state index in [2.05, 4.69) is 10.4 Å². The lowest BCUT2D eigenvalue weighted by Gasteiger charge is -2.38. The minimum atomic E-state index is -4.65. The van der Waals surface area contributed by atoms with Crippen LogP contribution in [0.4, 0.5) is 19.0 Å². The van der Waals surface area contributed by atoms with Crippen molar-refractivity contribution in [2.45, 2.75) is 25.1 Å². The largest absolute Gasteiger partial charge is 0.465 e. The van der Waals surface area contributed by atoms with Crippen LogP contribution in [0.5, 0.6) is 0 Å². The highest BCUT2D eigenvalue weighted by Crippen LogP contribution is 2.41. The van der Waals surface area contributed by atoms with Crippen molar-refractivity contribution in [3.8, 4) is 5.69 Å². The Bertz CT molecular complexity index is 1620. The van der Waals surface area contributed by atoms with Gasteiger partial charge in [-0.3, -0.25) is 14.5 Å². The molecule has 1 unspecified atom stereocenters. The molecule has 2 atom stereocenters. The van der Waals surface area contributed by atoms with Crippen LogP contribution < -0.4 is 10.2 Å². The van der Waals surface area contributed by atoms with E-state index in [4.69, 9.17) is 4.74 Å². The molecule has 1 aliphatic heterocycles. The lowest BCUT2D eigenvalue weighted by atomic mass is 9.81. The molecule has 0 saturated carbocycles. The van der Waals surface area contributed by atoms with Gasteiger partial charge in [0.2, 0.25) is 0 Å². The van der Waals surface area contributed by atoms with Crippen LogP contribution in [0.1, 0.15) is 50.2 Å². The monoisotopic (exact) mass is 562 g/mol. The Balaban J connectivity index is 1.64. The highest BCUT2D eigenvalue weighted by Gasteiger charge is 2.44. The van der Waals surface area contributed by atoms with Gasteiger partial charge < -0.3 is 10.1 Å². The zero-order valence-electron chi connectivity index (χ0n) is 22.1. The summed E-state index contributed by atoms with van der Waals surface area (Å²) in [5.41, 5.74) is 0.809. The summed E-state index contributed by atoms with van der Waals surface area (Å²) in [4.78, 5) is 41.2. The van der Waals surface area contributed by atoms with Crippen LogP contribution in [0, 0.1) is 0 Å². The van der Waals surface area contributed by atoms with Crippen molar-refractivity contribution in [3.63, 3.8) is 0 Å². The van der Waals surface area contributed by atoms with E-state index in [1.807, 2.05) is 30.3 Å². The van der Waals surface area contributed by atoms with E-state index in [0.717, 1.165) is 18.2 Å². The first-order chi connectivity index (χ1) is 19.6. The van der Waals surface area contributed by atoms with Gasteiger partial charge in [-0.05, 0) is 55.0 Å². The van der Waals surface area contributed by atoms with Gasteiger partial charge in [0.05, 0.1) is 30.1 Å². The number of likely N-dealkylation sites (N-methyl/N-ethyl adjacent to an activating group) is 1. The van der Waals surface area contributed by atoms with Gasteiger partial charge in [-0.25, -0.2) is 9.48 Å². The summed E-state index contributed by atoms with van der Waals surface area (Å²) in [7, 11) is 1.25. The van der Waals surface area contributed by atoms with E-state index < -0.39 is 41.5 Å². The number of aromatic nitrogens is 2. The maximum Gasteiger partial charge on any atom is 0.416 e. The Hall–Kier alpha value is -4.93. The van der Waals surface area contributed by atoms with E-state index in [-0.39, 0.29) is 17.7 Å². The predicted molar refractivity (Wildman–Crippen MR) is 144 cm³/mol. The summed E-state index contributed by atoms with van der Waals surface area (Å²) in [6.07, 6.45) is -3.05. The number of halogens is 3. The van der Waals surface area contributed by atoms with Crippen molar-refractivity contribution in [2.75, 3.05) is 18.6 Å². The number of para-hydroxylation sites is 1. The number of amides is 2. The topological polar surface area (TPSA) is 93.5 Å². The predicted octanol–water partition coefficient (Wildman–Crippen LogP) is 4.97. The molecule has 41 heavy (non-hydrogen) atoms. The quantitative estimate of drug-likeness (QED) is 0.335. The Labute approximate surface area is 233 Å². The zero-order valence-corrected chi connectivity index (χ0v) is 22.1. The van der Waals surface area contributed by atoms with Crippen molar-refractivity contribution in [2.24, 2.45) is 0 Å². The maximum absolute atomic E-state index is 14.1. The van der Waals surface area contributed by atoms with Crippen LogP contribution in [0.2, 0.25) is 0 Å². The molecule has 0 radical (unpaired) electrons. The number of nitrogens with zero attached hydrogens (tertiary/aromatic N) is 3. The fourth-order valence-corrected chi connectivity index (χ4v) is 5.06. The minimum absolute atomic E-state index is 0.231. The van der Waals surface area contributed by atoms with Crippen LogP contribution in [-0.2, 0) is 15.7 Å². The van der Waals surface area contributed by atoms with Gasteiger partial charge in [-0.1, -0.05) is 36.4 Å². The third-order valence-electron chi connectivity index (χ3n) is 6.95. The van der Waals surface area contributed by atoms with E-state index in [1.54, 1.807) is 42.1 Å². The van der Waals surface area contributed by atoms with Crippen LogP contribution in [0.3, 0.4) is 0 Å². The molecular weight excluding hydrogens is 537 g/mol. The molecule has 11 heteroatoms. The Morgan fingerprint density at radius 3 is 2.37 bits per heavy atom. The molecule has 0 fully saturated rings. The fourth-order valence-electron chi connectivity index (χ4n) is 5.06. The second kappa shape index (κ2) is 10.9. The van der Waals surface area contributed by atoms with Crippen LogP contribution in [0.15, 0.2) is 85.1 Å². The number of benzene rings is 3. The number of methoxy groups -OCH3 is 1.